The molecule has 52 heavy (non-hydrogen) atoms. The van der Waals surface area contributed by atoms with Gasteiger partial charge < -0.3 is 19.1 Å². The molecule has 262 valence electrons. The summed E-state index contributed by atoms with van der Waals surface area (Å²) in [5.41, 5.74) is 7.92. The molecule has 0 spiro atoms. The number of aromatic nitrogens is 8. The Labute approximate surface area is 310 Å². The van der Waals surface area contributed by atoms with Gasteiger partial charge in [-0.15, -0.1) is 0 Å². The van der Waals surface area contributed by atoms with Crippen molar-refractivity contribution in [1.29, 1.82) is 0 Å². The molecule has 0 amide bonds. The van der Waals surface area contributed by atoms with E-state index >= 15 is 0 Å². The van der Waals surface area contributed by atoms with Crippen LogP contribution in [0, 0.1) is 0 Å². The molecule has 3 aliphatic rings. The number of pyridine rings is 2. The quantitative estimate of drug-likeness (QED) is 0.185. The Balaban J connectivity index is 0.000000154. The molecule has 5 aromatic heterocycles. The molecule has 2 unspecified atom stereocenters. The minimum atomic E-state index is -0.208. The lowest BCUT2D eigenvalue weighted by molar-refractivity contribution is 0.145. The van der Waals surface area contributed by atoms with Crippen molar-refractivity contribution in [3.05, 3.63) is 125 Å². The summed E-state index contributed by atoms with van der Waals surface area (Å²) >= 11 is 3.47. The first-order valence-electron chi connectivity index (χ1n) is 18.1. The van der Waals surface area contributed by atoms with E-state index in [0.717, 1.165) is 101 Å². The number of benzene rings is 2. The molecule has 1 N–H and O–H groups in total. The van der Waals surface area contributed by atoms with Crippen molar-refractivity contribution in [2.75, 3.05) is 18.0 Å². The number of aliphatic hydroxyl groups excluding tert-OH is 1. The SMILES string of the molecule is CC1(c2ccccc2)CCc2nc3ccc(-c4cnc(N5CCC(O)CC5)nc4)nc3n21.CC1(c2ccccc2)CCc2nc3ccc(Br)nc3n21. The molecule has 0 saturated carbocycles. The van der Waals surface area contributed by atoms with Crippen LogP contribution in [0.2, 0.25) is 0 Å². The second-order valence-corrected chi connectivity index (χ2v) is 15.3. The molecule has 10 nitrogen and oxygen atoms in total. The van der Waals surface area contributed by atoms with Gasteiger partial charge in [0.25, 0.3) is 0 Å². The van der Waals surface area contributed by atoms with E-state index in [1.807, 2.05) is 36.7 Å². The maximum absolute atomic E-state index is 9.73. The molecule has 2 atom stereocenters. The van der Waals surface area contributed by atoms with Crippen LogP contribution in [0.5, 0.6) is 0 Å². The molecule has 0 bridgehead atoms. The van der Waals surface area contributed by atoms with E-state index in [1.54, 1.807) is 0 Å². The summed E-state index contributed by atoms with van der Waals surface area (Å²) in [5, 5.41) is 9.73. The summed E-state index contributed by atoms with van der Waals surface area (Å²) in [5.74, 6) is 2.94. The lowest BCUT2D eigenvalue weighted by atomic mass is 9.90. The molecule has 11 heteroatoms. The molecule has 2 aromatic carbocycles. The van der Waals surface area contributed by atoms with Crippen molar-refractivity contribution in [2.45, 2.75) is 69.6 Å². The summed E-state index contributed by atoms with van der Waals surface area (Å²) in [6, 6.07) is 29.3. The molecule has 10 rings (SSSR count). The number of anilines is 1. The van der Waals surface area contributed by atoms with Gasteiger partial charge in [0, 0.05) is 43.9 Å². The number of imidazole rings is 2. The van der Waals surface area contributed by atoms with Gasteiger partial charge >= 0.3 is 0 Å². The first kappa shape index (κ1) is 32.9. The Morgan fingerprint density at radius 2 is 1.17 bits per heavy atom. The number of aliphatic hydroxyl groups is 1. The number of halogens is 1. The third kappa shape index (κ3) is 5.58. The van der Waals surface area contributed by atoms with E-state index in [9.17, 15) is 5.11 Å². The highest BCUT2D eigenvalue weighted by Gasteiger charge is 2.39. The fraction of sp³-hybridized carbons (Fsp3) is 0.317. The maximum atomic E-state index is 9.73. The standard InChI is InChI=1S/C25H26N6O.C16H14BrN3/c1-25(18-5-3-2-4-6-18)12-9-22-28-21-8-7-20(29-23(21)31(22)25)17-15-26-24(27-16-17)30-13-10-19(32)11-14-30;1-16(11-5-3-2-4-6-11)10-9-14-18-12-7-8-13(17)19-15(12)20(14)16/h2-8,15-16,19,32H,9-14H2,1H3;2-8H,9-10H2,1H3. The number of rotatable bonds is 4. The highest BCUT2D eigenvalue weighted by Crippen LogP contribution is 2.42. The molecule has 0 aliphatic carbocycles. The van der Waals surface area contributed by atoms with Crippen molar-refractivity contribution >= 4 is 44.2 Å². The van der Waals surface area contributed by atoms with Gasteiger partial charge in [0.2, 0.25) is 5.95 Å². The van der Waals surface area contributed by atoms with Crippen LogP contribution in [0.25, 0.3) is 33.6 Å². The van der Waals surface area contributed by atoms with E-state index in [0.29, 0.717) is 5.95 Å². The van der Waals surface area contributed by atoms with E-state index in [2.05, 4.69) is 119 Å². The first-order valence-corrected chi connectivity index (χ1v) is 18.9. The van der Waals surface area contributed by atoms with Crippen molar-refractivity contribution in [3.8, 4) is 11.3 Å². The fourth-order valence-corrected chi connectivity index (χ4v) is 8.58. The second kappa shape index (κ2) is 12.9. The average molecular weight is 755 g/mol. The van der Waals surface area contributed by atoms with Crippen LogP contribution in [0.4, 0.5) is 5.95 Å². The van der Waals surface area contributed by atoms with Crippen LogP contribution in [0.1, 0.15) is 62.3 Å². The zero-order chi connectivity index (χ0) is 35.5. The molecular weight excluding hydrogens is 714 g/mol. The summed E-state index contributed by atoms with van der Waals surface area (Å²) in [6.45, 7) is 6.12. The number of hydrogen-bond acceptors (Lipinski definition) is 8. The monoisotopic (exact) mass is 753 g/mol. The Morgan fingerprint density at radius 1 is 0.654 bits per heavy atom. The van der Waals surface area contributed by atoms with E-state index in [-0.39, 0.29) is 17.2 Å². The topological polar surface area (TPSA) is 111 Å². The minimum Gasteiger partial charge on any atom is -0.393 e. The van der Waals surface area contributed by atoms with E-state index < -0.39 is 0 Å². The van der Waals surface area contributed by atoms with Crippen LogP contribution in [0.3, 0.4) is 0 Å². The van der Waals surface area contributed by atoms with Crippen LogP contribution in [0.15, 0.2) is 102 Å². The van der Waals surface area contributed by atoms with Gasteiger partial charge in [-0.3, -0.25) is 0 Å². The van der Waals surface area contributed by atoms with E-state index in [1.165, 1.54) is 11.1 Å². The van der Waals surface area contributed by atoms with Gasteiger partial charge in [-0.25, -0.2) is 29.9 Å². The zero-order valence-corrected chi connectivity index (χ0v) is 30.9. The molecule has 0 radical (unpaired) electrons. The zero-order valence-electron chi connectivity index (χ0n) is 29.3. The molecule has 1 saturated heterocycles. The van der Waals surface area contributed by atoms with Gasteiger partial charge in [-0.1, -0.05) is 60.7 Å². The van der Waals surface area contributed by atoms with Crippen LogP contribution in [-0.4, -0.2) is 63.3 Å². The van der Waals surface area contributed by atoms with Crippen molar-refractivity contribution < 1.29 is 5.11 Å². The number of hydrogen-bond donors (Lipinski definition) is 1. The average Bonchev–Trinajstić information content (AvgIpc) is 3.93. The number of aryl methyl sites for hydroxylation is 2. The smallest absolute Gasteiger partial charge is 0.225 e. The van der Waals surface area contributed by atoms with Gasteiger partial charge in [0.15, 0.2) is 11.3 Å². The summed E-state index contributed by atoms with van der Waals surface area (Å²) in [7, 11) is 0. The summed E-state index contributed by atoms with van der Waals surface area (Å²) in [4.78, 5) is 30.6. The Morgan fingerprint density at radius 3 is 1.73 bits per heavy atom. The predicted molar refractivity (Wildman–Crippen MR) is 206 cm³/mol. The largest absolute Gasteiger partial charge is 0.393 e. The second-order valence-electron chi connectivity index (χ2n) is 14.5. The lowest BCUT2D eigenvalue weighted by Crippen LogP contribution is -2.36. The van der Waals surface area contributed by atoms with Crippen LogP contribution in [-0.2, 0) is 23.9 Å². The van der Waals surface area contributed by atoms with Crippen molar-refractivity contribution in [3.63, 3.8) is 0 Å². The highest BCUT2D eigenvalue weighted by molar-refractivity contribution is 9.10. The molecule has 3 aliphatic heterocycles. The molecule has 1 fully saturated rings. The van der Waals surface area contributed by atoms with E-state index in [4.69, 9.17) is 15.0 Å². The maximum Gasteiger partial charge on any atom is 0.225 e. The Bertz CT molecular complexity index is 2390. The van der Waals surface area contributed by atoms with Gasteiger partial charge in [0.1, 0.15) is 27.3 Å². The lowest BCUT2D eigenvalue weighted by Gasteiger charge is -2.29. The van der Waals surface area contributed by atoms with Gasteiger partial charge in [-0.2, -0.15) is 0 Å². The predicted octanol–water partition coefficient (Wildman–Crippen LogP) is 7.46. The van der Waals surface area contributed by atoms with Gasteiger partial charge in [0.05, 0.1) is 22.9 Å². The number of fused-ring (bicyclic) bond motifs is 6. The summed E-state index contributed by atoms with van der Waals surface area (Å²) < 4.78 is 5.48. The van der Waals surface area contributed by atoms with Crippen LogP contribution >= 0.6 is 15.9 Å². The Kier molecular flexibility index (Phi) is 8.15. The molecular formula is C41H40BrN9O. The molecule has 7 aromatic rings. The van der Waals surface area contributed by atoms with Crippen molar-refractivity contribution in [2.24, 2.45) is 0 Å². The molecule has 8 heterocycles. The number of nitrogens with zero attached hydrogens (tertiary/aromatic N) is 9. The first-order chi connectivity index (χ1) is 25.3. The van der Waals surface area contributed by atoms with Crippen molar-refractivity contribution in [1.82, 2.24) is 39.0 Å². The highest BCUT2D eigenvalue weighted by atomic mass is 79.9. The van der Waals surface area contributed by atoms with Gasteiger partial charge in [-0.05, 0) is 90.9 Å². The normalized spacial score (nSPS) is 21.3. The Hall–Kier alpha value is -5.00. The summed E-state index contributed by atoms with van der Waals surface area (Å²) in [6.07, 6.45) is 9.04. The minimum absolute atomic E-state index is 0.0564. The third-order valence-electron chi connectivity index (χ3n) is 11.2. The fourth-order valence-electron chi connectivity index (χ4n) is 8.28. The third-order valence-corrected chi connectivity index (χ3v) is 11.7. The van der Waals surface area contributed by atoms with Crippen LogP contribution < -0.4 is 4.90 Å². The number of piperidine rings is 1.